The van der Waals surface area contributed by atoms with Crippen LogP contribution in [0.25, 0.3) is 0 Å². The number of carboxylic acids is 1. The second-order valence-electron chi connectivity index (χ2n) is 18.3. The van der Waals surface area contributed by atoms with Crippen LogP contribution in [0.1, 0.15) is 138 Å². The number of nitro groups is 1. The van der Waals surface area contributed by atoms with Gasteiger partial charge in [0.2, 0.25) is 23.6 Å². The van der Waals surface area contributed by atoms with Crippen molar-refractivity contribution in [3.8, 4) is 0 Å². The molecule has 0 bridgehead atoms. The second-order valence-corrected chi connectivity index (χ2v) is 18.3. The lowest BCUT2D eigenvalue weighted by Gasteiger charge is -2.37. The van der Waals surface area contributed by atoms with Crippen molar-refractivity contribution >= 4 is 52.8 Å². The van der Waals surface area contributed by atoms with Gasteiger partial charge in [-0.15, -0.1) is 0 Å². The summed E-state index contributed by atoms with van der Waals surface area (Å²) in [6.07, 6.45) is 9.16. The molecular formula is C45H63N5O13. The normalized spacial score (nSPS) is 20.6. The van der Waals surface area contributed by atoms with Gasteiger partial charge in [0.05, 0.1) is 29.7 Å². The van der Waals surface area contributed by atoms with Crippen LogP contribution in [0.2, 0.25) is 0 Å². The Morgan fingerprint density at radius 1 is 0.937 bits per heavy atom. The Hall–Kier alpha value is -5.52. The summed E-state index contributed by atoms with van der Waals surface area (Å²) in [5.41, 5.74) is 3.27. The first-order valence-electron chi connectivity index (χ1n) is 21.9. The van der Waals surface area contributed by atoms with E-state index in [1.807, 2.05) is 0 Å². The van der Waals surface area contributed by atoms with Crippen LogP contribution in [-0.4, -0.2) is 105 Å². The summed E-state index contributed by atoms with van der Waals surface area (Å²) in [7, 11) is 1.18. The minimum Gasteiger partial charge on any atom is -0.478 e. The number of carbonyl (C=O) groups excluding carboxylic acids is 7. The zero-order valence-corrected chi connectivity index (χ0v) is 36.7. The maximum absolute atomic E-state index is 14.6. The molecule has 4 rings (SSSR count). The first kappa shape index (κ1) is 50.1. The summed E-state index contributed by atoms with van der Waals surface area (Å²) in [5, 5.41) is 37.7. The van der Waals surface area contributed by atoms with Gasteiger partial charge in [-0.3, -0.25) is 38.9 Å². The number of aromatic carboxylic acids is 1. The molecule has 6 N–H and O–H groups in total. The fraction of sp³-hybridized carbons (Fsp3) is 0.644. The van der Waals surface area contributed by atoms with Crippen LogP contribution in [0.5, 0.6) is 0 Å². The largest absolute Gasteiger partial charge is 0.478 e. The Balaban J connectivity index is 1.59. The number of hydrogen-bond acceptors (Lipinski definition) is 12. The number of nitro benzene ring substituents is 1. The van der Waals surface area contributed by atoms with E-state index >= 15 is 0 Å². The number of non-ortho nitro benzene ring substituents is 1. The summed E-state index contributed by atoms with van der Waals surface area (Å²) in [5.74, 6) is -8.19. The number of likely N-dealkylation sites (tertiary alicyclic amines) is 1. The molecule has 2 saturated carbocycles. The average molecular weight is 882 g/mol. The first-order valence-corrected chi connectivity index (χ1v) is 21.9. The zero-order chi connectivity index (χ0) is 46.6. The van der Waals surface area contributed by atoms with Gasteiger partial charge in [0.1, 0.15) is 12.1 Å². The lowest BCUT2D eigenvalue weighted by atomic mass is 9.75. The molecule has 63 heavy (non-hydrogen) atoms. The monoisotopic (exact) mass is 881 g/mol. The van der Waals surface area contributed by atoms with Crippen molar-refractivity contribution in [2.75, 3.05) is 13.7 Å². The highest BCUT2D eigenvalue weighted by atomic mass is 16.6. The molecule has 0 spiro atoms. The number of aliphatic hydroxyl groups is 1. The smallest absolute Gasteiger partial charge is 0.336 e. The van der Waals surface area contributed by atoms with Crippen LogP contribution >= 0.6 is 0 Å². The molecule has 1 aromatic rings. The average Bonchev–Trinajstić information content (AvgIpc) is 3.65. The lowest BCUT2D eigenvalue weighted by molar-refractivity contribution is -0.384. The zero-order valence-electron chi connectivity index (χ0n) is 36.7. The molecule has 2 aliphatic carbocycles. The third-order valence-corrected chi connectivity index (χ3v) is 12.7. The summed E-state index contributed by atoms with van der Waals surface area (Å²) < 4.78 is 4.61. The number of allylic oxidation sites excluding steroid dienone is 1. The van der Waals surface area contributed by atoms with Gasteiger partial charge in [0.25, 0.3) is 5.69 Å². The number of benzene rings is 1. The molecule has 1 saturated heterocycles. The molecule has 1 heterocycles. The number of Topliss-reactive ketones (excluding diaryl/α,β-unsaturated/α-hetero) is 2. The van der Waals surface area contributed by atoms with Crippen LogP contribution in [0.4, 0.5) is 5.69 Å². The quantitative estimate of drug-likeness (QED) is 0.0404. The van der Waals surface area contributed by atoms with Gasteiger partial charge in [0.15, 0.2) is 11.6 Å². The van der Waals surface area contributed by atoms with E-state index in [0.29, 0.717) is 12.8 Å². The molecule has 0 unspecified atom stereocenters. The minimum absolute atomic E-state index is 0.0240. The predicted molar refractivity (Wildman–Crippen MR) is 228 cm³/mol. The van der Waals surface area contributed by atoms with E-state index in [1.165, 1.54) is 18.1 Å². The van der Waals surface area contributed by atoms with Gasteiger partial charge >= 0.3 is 11.9 Å². The van der Waals surface area contributed by atoms with E-state index in [9.17, 15) is 58.7 Å². The number of carbonyl (C=O) groups is 8. The van der Waals surface area contributed by atoms with Gasteiger partial charge < -0.3 is 36.2 Å². The van der Waals surface area contributed by atoms with E-state index in [4.69, 9.17) is 5.73 Å². The maximum Gasteiger partial charge on any atom is 0.336 e. The van der Waals surface area contributed by atoms with Crippen LogP contribution in [0.15, 0.2) is 30.4 Å². The van der Waals surface area contributed by atoms with Crippen LogP contribution in [-0.2, 0) is 33.5 Å². The van der Waals surface area contributed by atoms with Crippen molar-refractivity contribution in [3.05, 3.63) is 51.6 Å². The highest BCUT2D eigenvalue weighted by Crippen LogP contribution is 2.35. The van der Waals surface area contributed by atoms with Crippen LogP contribution in [0, 0.1) is 39.2 Å². The van der Waals surface area contributed by atoms with Crippen molar-refractivity contribution in [1.29, 1.82) is 0 Å². The Labute approximate surface area is 367 Å². The van der Waals surface area contributed by atoms with Crippen molar-refractivity contribution in [2.45, 2.75) is 141 Å². The van der Waals surface area contributed by atoms with Gasteiger partial charge in [-0.05, 0) is 61.8 Å². The van der Waals surface area contributed by atoms with Crippen molar-refractivity contribution in [2.24, 2.45) is 34.8 Å². The number of hydrogen-bond donors (Lipinski definition) is 5. The molecule has 1 aliphatic heterocycles. The topological polar surface area (TPSA) is 283 Å². The predicted octanol–water partition coefficient (Wildman–Crippen LogP) is 4.19. The van der Waals surface area contributed by atoms with E-state index in [-0.39, 0.29) is 55.4 Å². The summed E-state index contributed by atoms with van der Waals surface area (Å²) in [6.45, 7) is 4.76. The maximum atomic E-state index is 14.6. The van der Waals surface area contributed by atoms with E-state index in [0.717, 1.165) is 75.6 Å². The molecular weight excluding hydrogens is 819 g/mol. The molecule has 1 aromatic carbocycles. The molecule has 3 fully saturated rings. The number of nitrogens with zero attached hydrogens (tertiary/aromatic N) is 2. The number of ketones is 2. The SMILES string of the molecule is COC(=O)/C=C/CC[C@H](CC(=O)c1ccc([N+](=O)[O-])cc1C(=O)O)C(=O)N[C@H](C(=O)N1C[C@H](O)C[C@H]1C(=O)N[C@H](C(=O)C[C@H](C(N)=O)C1CCCCC1)C1CCCCC1)C(C)(C)C. The Bertz CT molecular complexity index is 1910. The number of ether oxygens (including phenoxy) is 1. The van der Waals surface area contributed by atoms with Crippen molar-refractivity contribution < 1.29 is 58.2 Å². The number of carboxylic acid groups (broad SMARTS) is 1. The highest BCUT2D eigenvalue weighted by Gasteiger charge is 2.46. The van der Waals surface area contributed by atoms with Gasteiger partial charge in [0, 0.05) is 61.4 Å². The summed E-state index contributed by atoms with van der Waals surface area (Å²) in [6, 6.07) is -0.777. The third kappa shape index (κ3) is 13.7. The molecule has 18 nitrogen and oxygen atoms in total. The van der Waals surface area contributed by atoms with Crippen LogP contribution < -0.4 is 16.4 Å². The highest BCUT2D eigenvalue weighted by molar-refractivity contribution is 6.07. The number of nitrogens with one attached hydrogen (secondary N) is 2. The number of aliphatic hydroxyl groups excluding tert-OH is 1. The number of rotatable bonds is 20. The Morgan fingerprint density at radius 2 is 1.56 bits per heavy atom. The van der Waals surface area contributed by atoms with Crippen molar-refractivity contribution in [1.82, 2.24) is 15.5 Å². The minimum atomic E-state index is -1.60. The molecule has 4 amide bonds. The summed E-state index contributed by atoms with van der Waals surface area (Å²) in [4.78, 5) is 119. The van der Waals surface area contributed by atoms with E-state index < -0.39 is 105 Å². The van der Waals surface area contributed by atoms with E-state index in [1.54, 1.807) is 20.8 Å². The van der Waals surface area contributed by atoms with Gasteiger partial charge in [-0.2, -0.15) is 0 Å². The Kier molecular flexibility index (Phi) is 18.1. The first-order chi connectivity index (χ1) is 29.7. The Morgan fingerprint density at radius 3 is 2.11 bits per heavy atom. The number of primary amides is 1. The van der Waals surface area contributed by atoms with Gasteiger partial charge in [-0.1, -0.05) is 65.4 Å². The second kappa shape index (κ2) is 22.7. The molecule has 0 radical (unpaired) electrons. The number of amides is 4. The number of esters is 1. The molecule has 3 aliphatic rings. The standard InChI is InChI=1S/C45H63N5O13/c1-45(2,3)39(48-41(56)28(17-11-12-18-37(54)63-4)21-35(52)31-20-19-29(50(61)62)22-33(31)44(59)60)43(58)49-25-30(51)23-34(49)42(57)47-38(27-15-9-6-10-16-27)36(53)24-32(40(46)55)26-13-7-5-8-14-26/h12,18-20,22,26-28,30,32,34,38-39,51H,5-11,13-17,21,23-25H2,1-4H3,(H2,46,55)(H,47,57)(H,48,56)(H,59,60)/b18-12+/t28-,30-,32+,34+,38+,39-/m1/s1. The molecule has 346 valence electrons. The van der Waals surface area contributed by atoms with Crippen LogP contribution in [0.3, 0.4) is 0 Å². The fourth-order valence-electron chi connectivity index (χ4n) is 9.21. The number of β-amino-alcohol motifs (C(OH)–C–C–N with tert-alkyl or cyclic N) is 1. The third-order valence-electron chi connectivity index (χ3n) is 12.7. The van der Waals surface area contributed by atoms with Crippen molar-refractivity contribution in [3.63, 3.8) is 0 Å². The molecule has 18 heteroatoms. The lowest BCUT2D eigenvalue weighted by Crippen LogP contribution is -2.59. The summed E-state index contributed by atoms with van der Waals surface area (Å²) >= 11 is 0. The van der Waals surface area contributed by atoms with E-state index in [2.05, 4.69) is 15.4 Å². The van der Waals surface area contributed by atoms with Gasteiger partial charge in [-0.25, -0.2) is 9.59 Å². The number of methoxy groups -OCH3 is 1. The number of nitrogens with two attached hydrogens (primary N) is 1. The fourth-order valence-corrected chi connectivity index (χ4v) is 9.21. The molecule has 6 atom stereocenters. The molecule has 0 aromatic heterocycles.